The minimum absolute atomic E-state index is 0.518. The third-order valence-corrected chi connectivity index (χ3v) is 7.26. The Balaban J connectivity index is 2.58. The molecule has 208 valence electrons. The van der Waals surface area contributed by atoms with Gasteiger partial charge < -0.3 is 0 Å². The maximum Gasteiger partial charge on any atom is 0.0189 e. The SMILES string of the molecule is C=C=C(/C=C(/C/C(=C\c1ccccc1C[C@@H](C)/C=C(/C)CC)C1=CCCC=C1)CC(C)C)/C(=C/C=C\C)CC. The lowest BCUT2D eigenvalue weighted by Gasteiger charge is -2.18. The van der Waals surface area contributed by atoms with Gasteiger partial charge >= 0.3 is 0 Å². The average molecular weight is 521 g/mol. The first-order valence-corrected chi connectivity index (χ1v) is 15.1. The predicted molar refractivity (Wildman–Crippen MR) is 176 cm³/mol. The topological polar surface area (TPSA) is 0 Å². The number of benzene rings is 1. The third kappa shape index (κ3) is 11.3. The molecule has 1 aliphatic rings. The molecular weight excluding hydrogens is 468 g/mol. The van der Waals surface area contributed by atoms with E-state index >= 15 is 0 Å². The van der Waals surface area contributed by atoms with Crippen LogP contribution in [0.25, 0.3) is 6.08 Å². The molecule has 0 radical (unpaired) electrons. The van der Waals surface area contributed by atoms with Crippen LogP contribution in [0.3, 0.4) is 0 Å². The molecule has 0 bridgehead atoms. The van der Waals surface area contributed by atoms with Gasteiger partial charge in [0.2, 0.25) is 0 Å². The molecule has 39 heavy (non-hydrogen) atoms. The minimum Gasteiger partial charge on any atom is -0.120 e. The molecule has 0 saturated carbocycles. The summed E-state index contributed by atoms with van der Waals surface area (Å²) in [5, 5.41) is 0. The van der Waals surface area contributed by atoms with Gasteiger partial charge in [0.1, 0.15) is 0 Å². The highest BCUT2D eigenvalue weighted by atomic mass is 14.2. The maximum atomic E-state index is 4.06. The first-order chi connectivity index (χ1) is 18.8. The molecule has 1 atom stereocenters. The molecule has 0 aliphatic heterocycles. The molecule has 0 saturated heterocycles. The normalized spacial score (nSPS) is 16.1. The van der Waals surface area contributed by atoms with Crippen molar-refractivity contribution in [3.63, 3.8) is 0 Å². The summed E-state index contributed by atoms with van der Waals surface area (Å²) in [5.74, 6) is 1.09. The number of hydrogen-bond acceptors (Lipinski definition) is 0. The van der Waals surface area contributed by atoms with Gasteiger partial charge in [-0.3, -0.25) is 0 Å². The molecule has 0 spiro atoms. The largest absolute Gasteiger partial charge is 0.120 e. The quantitative estimate of drug-likeness (QED) is 0.130. The Kier molecular flexibility index (Phi) is 14.4. The molecule has 1 aliphatic carbocycles. The fraction of sp³-hybridized carbons (Fsp3) is 0.410. The fourth-order valence-corrected chi connectivity index (χ4v) is 5.17. The van der Waals surface area contributed by atoms with Crippen molar-refractivity contribution in [3.8, 4) is 0 Å². The Hall–Kier alpha value is -3.08. The van der Waals surface area contributed by atoms with Gasteiger partial charge in [0.05, 0.1) is 0 Å². The van der Waals surface area contributed by atoms with Crippen molar-refractivity contribution < 1.29 is 0 Å². The molecule has 1 aromatic carbocycles. The molecule has 0 heteroatoms. The maximum absolute atomic E-state index is 4.06. The smallest absolute Gasteiger partial charge is 0.0189 e. The molecule has 0 N–H and O–H groups in total. The van der Waals surface area contributed by atoms with Crippen molar-refractivity contribution in [2.24, 2.45) is 11.8 Å². The van der Waals surface area contributed by atoms with Crippen LogP contribution in [0.15, 0.2) is 119 Å². The summed E-state index contributed by atoms with van der Waals surface area (Å²) < 4.78 is 0. The number of rotatable bonds is 14. The molecule has 0 aromatic heterocycles. The molecule has 0 heterocycles. The van der Waals surface area contributed by atoms with E-state index in [0.717, 1.165) is 50.5 Å². The summed E-state index contributed by atoms with van der Waals surface area (Å²) in [4.78, 5) is 0. The molecule has 0 fully saturated rings. The highest BCUT2D eigenvalue weighted by Gasteiger charge is 2.13. The molecule has 0 unspecified atom stereocenters. The highest BCUT2D eigenvalue weighted by molar-refractivity contribution is 5.64. The van der Waals surface area contributed by atoms with Crippen LogP contribution < -0.4 is 0 Å². The Bertz CT molecular complexity index is 1190. The van der Waals surface area contributed by atoms with Crippen molar-refractivity contribution in [3.05, 3.63) is 130 Å². The number of allylic oxidation sites excluding steroid dienone is 14. The second kappa shape index (κ2) is 17.5. The fourth-order valence-electron chi connectivity index (χ4n) is 5.17. The van der Waals surface area contributed by atoms with Crippen LogP contribution in [0.4, 0.5) is 0 Å². The van der Waals surface area contributed by atoms with Crippen molar-refractivity contribution in [2.45, 2.75) is 93.4 Å². The summed E-state index contributed by atoms with van der Waals surface area (Å²) in [6.07, 6.45) is 28.1. The zero-order valence-electron chi connectivity index (χ0n) is 25.8. The second-order valence-corrected chi connectivity index (χ2v) is 11.3. The molecule has 0 nitrogen and oxygen atoms in total. The Labute approximate surface area is 240 Å². The Morgan fingerprint density at radius 3 is 2.46 bits per heavy atom. The van der Waals surface area contributed by atoms with E-state index in [1.54, 1.807) is 0 Å². The molecule has 2 rings (SSSR count). The van der Waals surface area contributed by atoms with E-state index in [1.165, 1.54) is 39.0 Å². The van der Waals surface area contributed by atoms with Crippen molar-refractivity contribution >= 4 is 6.08 Å². The van der Waals surface area contributed by atoms with Gasteiger partial charge in [0, 0.05) is 5.57 Å². The Morgan fingerprint density at radius 2 is 1.85 bits per heavy atom. The van der Waals surface area contributed by atoms with Crippen molar-refractivity contribution in [1.82, 2.24) is 0 Å². The lowest BCUT2D eigenvalue weighted by atomic mass is 9.87. The van der Waals surface area contributed by atoms with Gasteiger partial charge in [0.25, 0.3) is 0 Å². The lowest BCUT2D eigenvalue weighted by Crippen LogP contribution is -2.02. The van der Waals surface area contributed by atoms with Crippen LogP contribution in [0.1, 0.15) is 98.1 Å². The Morgan fingerprint density at radius 1 is 1.08 bits per heavy atom. The molecular formula is C39H52. The van der Waals surface area contributed by atoms with Gasteiger partial charge in [-0.15, -0.1) is 5.73 Å². The zero-order chi connectivity index (χ0) is 28.6. The lowest BCUT2D eigenvalue weighted by molar-refractivity contribution is 0.633. The van der Waals surface area contributed by atoms with Gasteiger partial charge in [-0.1, -0.05) is 125 Å². The van der Waals surface area contributed by atoms with Crippen LogP contribution in [0, 0.1) is 11.8 Å². The van der Waals surface area contributed by atoms with E-state index < -0.39 is 0 Å². The van der Waals surface area contributed by atoms with Crippen LogP contribution in [0.2, 0.25) is 0 Å². The monoisotopic (exact) mass is 520 g/mol. The van der Waals surface area contributed by atoms with Gasteiger partial charge in [-0.25, -0.2) is 0 Å². The van der Waals surface area contributed by atoms with Crippen LogP contribution in [0.5, 0.6) is 0 Å². The first-order valence-electron chi connectivity index (χ1n) is 15.1. The second-order valence-electron chi connectivity index (χ2n) is 11.3. The highest BCUT2D eigenvalue weighted by Crippen LogP contribution is 2.31. The summed E-state index contributed by atoms with van der Waals surface area (Å²) in [7, 11) is 0. The van der Waals surface area contributed by atoms with Crippen LogP contribution in [-0.4, -0.2) is 0 Å². The summed E-state index contributed by atoms with van der Waals surface area (Å²) in [6, 6.07) is 8.97. The summed E-state index contributed by atoms with van der Waals surface area (Å²) >= 11 is 0. The van der Waals surface area contributed by atoms with E-state index in [0.29, 0.717) is 11.8 Å². The molecule has 1 aromatic rings. The summed E-state index contributed by atoms with van der Waals surface area (Å²) in [6.45, 7) is 19.8. The third-order valence-electron chi connectivity index (χ3n) is 7.26. The van der Waals surface area contributed by atoms with E-state index in [9.17, 15) is 0 Å². The summed E-state index contributed by atoms with van der Waals surface area (Å²) in [5.41, 5.74) is 14.1. The standard InChI is InChI=1S/C39H52/c1-9-13-19-34(11-3)35(12-4)27-33(24-30(5)6)28-39(36-20-15-14-16-21-36)29-38-23-18-17-22-37(38)26-32(8)25-31(7)10-2/h9,13,15,17-23,25,27,29-30,32H,4,10-11,14,16,24,26,28H2,1-3,5-8H3/b13-9-,31-25-,33-27+,34-19+,39-29+/t32-/m0/s1. The van der Waals surface area contributed by atoms with E-state index in [-0.39, 0.29) is 0 Å². The van der Waals surface area contributed by atoms with Crippen molar-refractivity contribution in [1.29, 1.82) is 0 Å². The predicted octanol–water partition coefficient (Wildman–Crippen LogP) is 11.9. The van der Waals surface area contributed by atoms with E-state index in [4.69, 9.17) is 0 Å². The van der Waals surface area contributed by atoms with E-state index in [1.807, 2.05) is 0 Å². The number of hydrogen-bond donors (Lipinski definition) is 0. The average Bonchev–Trinajstić information content (AvgIpc) is 2.93. The van der Waals surface area contributed by atoms with E-state index in [2.05, 4.69) is 140 Å². The van der Waals surface area contributed by atoms with Crippen LogP contribution >= 0.6 is 0 Å². The van der Waals surface area contributed by atoms with Gasteiger partial charge in [-0.2, -0.15) is 0 Å². The van der Waals surface area contributed by atoms with Gasteiger partial charge in [0.15, 0.2) is 0 Å². The van der Waals surface area contributed by atoms with Crippen molar-refractivity contribution in [2.75, 3.05) is 0 Å². The van der Waals surface area contributed by atoms with Crippen LogP contribution in [-0.2, 0) is 6.42 Å². The zero-order valence-corrected chi connectivity index (χ0v) is 25.8. The first kappa shape index (κ1) is 32.1. The van der Waals surface area contributed by atoms with Gasteiger partial charge in [-0.05, 0) is 105 Å². The minimum atomic E-state index is 0.518. The molecule has 0 amide bonds.